The number of halogens is 1. The summed E-state index contributed by atoms with van der Waals surface area (Å²) in [6.07, 6.45) is 0. The third kappa shape index (κ3) is 2.71. The SMILES string of the molecule is C=C(C)c1ccc([Si](C)(C)Cl)cc1. The molecule has 1 aromatic rings. The molecule has 1 rings (SSSR count). The second kappa shape index (κ2) is 3.68. The quantitative estimate of drug-likeness (QED) is 0.519. The Kier molecular flexibility index (Phi) is 2.99. The third-order valence-corrected chi connectivity index (χ3v) is 4.43. The van der Waals surface area contributed by atoms with Crippen LogP contribution in [0.5, 0.6) is 0 Å². The van der Waals surface area contributed by atoms with Crippen LogP contribution in [0.2, 0.25) is 13.1 Å². The first-order chi connectivity index (χ1) is 5.91. The molecule has 13 heavy (non-hydrogen) atoms. The highest BCUT2D eigenvalue weighted by molar-refractivity contribution is 7.26. The largest absolute Gasteiger partial charge is 0.180 e. The topological polar surface area (TPSA) is 0 Å². The zero-order valence-corrected chi connectivity index (χ0v) is 10.2. The Morgan fingerprint density at radius 1 is 1.23 bits per heavy atom. The summed E-state index contributed by atoms with van der Waals surface area (Å²) in [6.45, 7) is 10.2. The summed E-state index contributed by atoms with van der Waals surface area (Å²) < 4.78 is 0. The smallest absolute Gasteiger partial charge is 0.162 e. The average Bonchev–Trinajstić information content (AvgIpc) is 2.03. The van der Waals surface area contributed by atoms with E-state index in [9.17, 15) is 0 Å². The zero-order valence-electron chi connectivity index (χ0n) is 8.39. The lowest BCUT2D eigenvalue weighted by molar-refractivity contribution is 1.60. The second-order valence-electron chi connectivity index (χ2n) is 3.83. The van der Waals surface area contributed by atoms with Crippen LogP contribution in [0.1, 0.15) is 12.5 Å². The van der Waals surface area contributed by atoms with Crippen molar-refractivity contribution in [1.82, 2.24) is 0 Å². The van der Waals surface area contributed by atoms with Gasteiger partial charge in [0, 0.05) is 0 Å². The van der Waals surface area contributed by atoms with Crippen molar-refractivity contribution in [2.24, 2.45) is 0 Å². The van der Waals surface area contributed by atoms with E-state index in [1.54, 1.807) is 0 Å². The van der Waals surface area contributed by atoms with Gasteiger partial charge in [0.1, 0.15) is 0 Å². The lowest BCUT2D eigenvalue weighted by atomic mass is 10.1. The van der Waals surface area contributed by atoms with Gasteiger partial charge in [-0.05, 0) is 17.7 Å². The van der Waals surface area contributed by atoms with Gasteiger partial charge in [0.05, 0.1) is 0 Å². The van der Waals surface area contributed by atoms with Crippen LogP contribution >= 0.6 is 11.1 Å². The Labute approximate surface area is 86.0 Å². The van der Waals surface area contributed by atoms with Crippen LogP contribution in [0.3, 0.4) is 0 Å². The van der Waals surface area contributed by atoms with E-state index >= 15 is 0 Å². The van der Waals surface area contributed by atoms with Gasteiger partial charge in [-0.15, -0.1) is 0 Å². The molecule has 0 atom stereocenters. The van der Waals surface area contributed by atoms with Crippen molar-refractivity contribution in [2.45, 2.75) is 20.0 Å². The van der Waals surface area contributed by atoms with E-state index in [-0.39, 0.29) is 0 Å². The Balaban J connectivity index is 3.01. The number of benzene rings is 1. The van der Waals surface area contributed by atoms with Gasteiger partial charge >= 0.3 is 0 Å². The molecule has 0 N–H and O–H groups in total. The molecule has 0 saturated carbocycles. The number of rotatable bonds is 2. The van der Waals surface area contributed by atoms with Gasteiger partial charge in [0.15, 0.2) is 7.38 Å². The minimum Gasteiger partial charge on any atom is -0.162 e. The van der Waals surface area contributed by atoms with Crippen molar-refractivity contribution in [3.05, 3.63) is 36.4 Å². The molecule has 70 valence electrons. The predicted molar refractivity (Wildman–Crippen MR) is 64.1 cm³/mol. The van der Waals surface area contributed by atoms with Gasteiger partial charge in [-0.3, -0.25) is 0 Å². The fourth-order valence-corrected chi connectivity index (χ4v) is 2.49. The molecular weight excluding hydrogens is 196 g/mol. The summed E-state index contributed by atoms with van der Waals surface area (Å²) in [5.41, 5.74) is 2.29. The lowest BCUT2D eigenvalue weighted by Crippen LogP contribution is -2.34. The number of hydrogen-bond acceptors (Lipinski definition) is 0. The predicted octanol–water partition coefficient (Wildman–Crippen LogP) is 3.37. The summed E-state index contributed by atoms with van der Waals surface area (Å²) in [6, 6.07) is 8.41. The van der Waals surface area contributed by atoms with Crippen LogP contribution in [-0.4, -0.2) is 7.38 Å². The normalized spacial score (nSPS) is 11.4. The van der Waals surface area contributed by atoms with Crippen molar-refractivity contribution in [1.29, 1.82) is 0 Å². The number of hydrogen-bond donors (Lipinski definition) is 0. The molecule has 0 nitrogen and oxygen atoms in total. The molecule has 0 radical (unpaired) electrons. The molecule has 0 spiro atoms. The first-order valence-electron chi connectivity index (χ1n) is 4.36. The first-order valence-corrected chi connectivity index (χ1v) is 8.38. The van der Waals surface area contributed by atoms with Crippen molar-refractivity contribution < 1.29 is 0 Å². The number of allylic oxidation sites excluding steroid dienone is 1. The molecule has 0 aliphatic rings. The van der Waals surface area contributed by atoms with Gasteiger partial charge in [-0.2, -0.15) is 11.1 Å². The van der Waals surface area contributed by atoms with Crippen LogP contribution in [0.4, 0.5) is 0 Å². The summed E-state index contributed by atoms with van der Waals surface area (Å²) in [5.74, 6) is 0. The van der Waals surface area contributed by atoms with Crippen LogP contribution < -0.4 is 5.19 Å². The van der Waals surface area contributed by atoms with E-state index in [1.807, 2.05) is 6.92 Å². The summed E-state index contributed by atoms with van der Waals surface area (Å²) in [5, 5.41) is 1.28. The van der Waals surface area contributed by atoms with E-state index in [0.29, 0.717) is 0 Å². The molecule has 0 amide bonds. The van der Waals surface area contributed by atoms with Crippen LogP contribution in [0.15, 0.2) is 30.8 Å². The Morgan fingerprint density at radius 2 is 1.69 bits per heavy atom. The highest BCUT2D eigenvalue weighted by Crippen LogP contribution is 2.13. The molecule has 2 heteroatoms. The highest BCUT2D eigenvalue weighted by atomic mass is 35.6. The molecule has 0 aliphatic heterocycles. The maximum atomic E-state index is 6.31. The van der Waals surface area contributed by atoms with Crippen LogP contribution in [0, 0.1) is 0 Å². The first kappa shape index (κ1) is 10.5. The monoisotopic (exact) mass is 210 g/mol. The lowest BCUT2D eigenvalue weighted by Gasteiger charge is -2.13. The minimum absolute atomic E-state index is 1.10. The van der Waals surface area contributed by atoms with E-state index < -0.39 is 7.38 Å². The van der Waals surface area contributed by atoms with Crippen molar-refractivity contribution >= 4 is 29.2 Å². The Morgan fingerprint density at radius 3 is 2.00 bits per heavy atom. The van der Waals surface area contributed by atoms with Gasteiger partial charge < -0.3 is 0 Å². The molecule has 0 saturated heterocycles. The maximum absolute atomic E-state index is 6.31. The molecule has 0 aliphatic carbocycles. The molecule has 0 fully saturated rings. The summed E-state index contributed by atoms with van der Waals surface area (Å²) in [4.78, 5) is 0. The van der Waals surface area contributed by atoms with E-state index in [4.69, 9.17) is 11.1 Å². The molecular formula is C11H15ClSi. The van der Waals surface area contributed by atoms with Crippen molar-refractivity contribution in [3.8, 4) is 0 Å². The van der Waals surface area contributed by atoms with Crippen LogP contribution in [-0.2, 0) is 0 Å². The van der Waals surface area contributed by atoms with Gasteiger partial charge in [-0.1, -0.05) is 49.5 Å². The third-order valence-electron chi connectivity index (χ3n) is 2.06. The van der Waals surface area contributed by atoms with Crippen molar-refractivity contribution in [2.75, 3.05) is 0 Å². The van der Waals surface area contributed by atoms with Crippen molar-refractivity contribution in [3.63, 3.8) is 0 Å². The zero-order chi connectivity index (χ0) is 10.1. The average molecular weight is 211 g/mol. The molecule has 0 bridgehead atoms. The molecule has 0 unspecified atom stereocenters. The Bertz CT molecular complexity index is 306. The van der Waals surface area contributed by atoms with Gasteiger partial charge in [0.2, 0.25) is 0 Å². The summed E-state index contributed by atoms with van der Waals surface area (Å²) >= 11 is 6.31. The minimum atomic E-state index is -1.65. The van der Waals surface area contributed by atoms with E-state index in [2.05, 4.69) is 43.9 Å². The van der Waals surface area contributed by atoms with Gasteiger partial charge in [0.25, 0.3) is 0 Å². The molecule has 0 aromatic heterocycles. The molecule has 0 heterocycles. The highest BCUT2D eigenvalue weighted by Gasteiger charge is 2.19. The van der Waals surface area contributed by atoms with E-state index in [1.165, 1.54) is 10.8 Å². The fourth-order valence-electron chi connectivity index (χ4n) is 1.15. The maximum Gasteiger partial charge on any atom is 0.180 e. The fraction of sp³-hybridized carbons (Fsp3) is 0.273. The van der Waals surface area contributed by atoms with Gasteiger partial charge in [-0.25, -0.2) is 0 Å². The second-order valence-corrected chi connectivity index (χ2v) is 10.2. The standard InChI is InChI=1S/C11H15ClSi/c1-9(2)10-5-7-11(8-6-10)13(3,4)12/h5-8H,1H2,2-4H3. The summed E-state index contributed by atoms with van der Waals surface area (Å²) in [7, 11) is -1.65. The Hall–Kier alpha value is -0.533. The van der Waals surface area contributed by atoms with Crippen LogP contribution in [0.25, 0.3) is 5.57 Å². The van der Waals surface area contributed by atoms with E-state index in [0.717, 1.165) is 5.57 Å². The molecule has 1 aromatic carbocycles.